The van der Waals surface area contributed by atoms with Crippen LogP contribution in [0.1, 0.15) is 22.5 Å². The summed E-state index contributed by atoms with van der Waals surface area (Å²) < 4.78 is 42.8. The van der Waals surface area contributed by atoms with Gasteiger partial charge in [0.25, 0.3) is 0 Å². The number of allylic oxidation sites excluding steroid dienone is 1. The molecule has 29 heavy (non-hydrogen) atoms. The van der Waals surface area contributed by atoms with E-state index in [1.807, 2.05) is 18.2 Å². The Hall–Kier alpha value is -3.16. The van der Waals surface area contributed by atoms with Crippen LogP contribution >= 0.6 is 0 Å². The van der Waals surface area contributed by atoms with Crippen molar-refractivity contribution in [2.45, 2.75) is 25.7 Å². The van der Waals surface area contributed by atoms with Crippen LogP contribution in [0.4, 0.5) is 0 Å². The number of methoxy groups -OCH3 is 2. The highest BCUT2D eigenvalue weighted by molar-refractivity contribution is 5.30. The first-order chi connectivity index (χ1) is 15.6. The number of hydrogen-bond donors (Lipinski definition) is 1. The fourth-order valence-corrected chi connectivity index (χ4v) is 3.16. The molecule has 1 aromatic heterocycles. The minimum atomic E-state index is -2.68. The molecular weight excluding hydrogens is 370 g/mol. The van der Waals surface area contributed by atoms with Gasteiger partial charge in [0.2, 0.25) is 0 Å². The lowest BCUT2D eigenvalue weighted by Crippen LogP contribution is -2.27. The smallest absolute Gasteiger partial charge is 0.351 e. The van der Waals surface area contributed by atoms with Crippen LogP contribution in [0.3, 0.4) is 0 Å². The minimum Gasteiger partial charge on any atom is -0.355 e. The maximum Gasteiger partial charge on any atom is 0.351 e. The zero-order chi connectivity index (χ0) is 24.2. The summed E-state index contributed by atoms with van der Waals surface area (Å²) in [5.74, 6) is -0.616. The van der Waals surface area contributed by atoms with E-state index in [-0.39, 0.29) is 6.54 Å². The summed E-state index contributed by atoms with van der Waals surface area (Å²) in [7, 11) is -1.33. The molecule has 0 radical (unpaired) electrons. The summed E-state index contributed by atoms with van der Waals surface area (Å²) in [6.45, 7) is 1.65. The van der Waals surface area contributed by atoms with Gasteiger partial charge in [-0.15, -0.1) is 0 Å². The molecule has 0 spiro atoms. The molecule has 1 N–H and O–H groups in total. The molecule has 0 aliphatic rings. The molecule has 7 nitrogen and oxygen atoms in total. The van der Waals surface area contributed by atoms with Gasteiger partial charge in [0.05, 0.1) is 22.3 Å². The van der Waals surface area contributed by atoms with E-state index in [4.69, 9.17) is 15.0 Å². The Morgan fingerprint density at radius 2 is 1.79 bits per heavy atom. The molecule has 0 aliphatic heterocycles. The number of hydrogen-bond acceptors (Lipinski definition) is 4. The number of aromatic amines is 1. The lowest BCUT2D eigenvalue weighted by molar-refractivity contribution is -0.110. The second kappa shape index (κ2) is 9.36. The number of H-pyrrole nitrogens is 1. The maximum atomic E-state index is 12.9. The number of aromatic nitrogens is 3. The van der Waals surface area contributed by atoms with E-state index in [0.29, 0.717) is 16.4 Å². The zero-order valence-electron chi connectivity index (χ0n) is 20.2. The molecule has 3 aromatic rings. The fourth-order valence-electron chi connectivity index (χ4n) is 3.16. The highest BCUT2D eigenvalue weighted by Crippen LogP contribution is 2.25. The zero-order valence-corrected chi connectivity index (χ0v) is 16.2. The lowest BCUT2D eigenvalue weighted by Gasteiger charge is -2.23. The van der Waals surface area contributed by atoms with Gasteiger partial charge in [0, 0.05) is 14.1 Å². The van der Waals surface area contributed by atoms with Crippen molar-refractivity contribution in [1.82, 2.24) is 14.3 Å². The molecule has 152 valence electrons. The molecule has 2 aromatic carbocycles. The summed E-state index contributed by atoms with van der Waals surface area (Å²) in [6, 6.07) is 17.4. The molecule has 2 unspecified atom stereocenters. The number of ether oxygens (including phenoxy) is 2. The van der Waals surface area contributed by atoms with Crippen LogP contribution in [0.5, 0.6) is 0 Å². The third kappa shape index (κ3) is 4.64. The number of rotatable bonds is 8. The summed E-state index contributed by atoms with van der Waals surface area (Å²) >= 11 is 0. The van der Waals surface area contributed by atoms with Gasteiger partial charge in [0.15, 0.2) is 7.70 Å². The quantitative estimate of drug-likeness (QED) is 0.467. The standard InChI is InChI=1S/C22H25N3O4/c1-16(14-19(20(28-2)29-3)17-10-6-4-7-11-17)15-24-22(27)25(21(26)23-24)18-12-8-5-9-13-18/h4-14,19-20H,15H2,1-3H3,(H,23,26)/b16-14+/i2D3/hD. The van der Waals surface area contributed by atoms with Crippen molar-refractivity contribution < 1.29 is 15.0 Å². The summed E-state index contributed by atoms with van der Waals surface area (Å²) in [5.41, 5.74) is 0.256. The van der Waals surface area contributed by atoms with Crippen LogP contribution < -0.4 is 11.4 Å². The van der Waals surface area contributed by atoms with Gasteiger partial charge in [-0.2, -0.15) is 0 Å². The first-order valence-corrected chi connectivity index (χ1v) is 9.05. The molecule has 2 atom stereocenters. The molecule has 0 saturated carbocycles. The van der Waals surface area contributed by atoms with E-state index in [1.165, 1.54) is 7.11 Å². The third-order valence-corrected chi connectivity index (χ3v) is 4.51. The Bertz CT molecular complexity index is 1210. The van der Waals surface area contributed by atoms with Crippen LogP contribution in [0.2, 0.25) is 1.41 Å². The summed E-state index contributed by atoms with van der Waals surface area (Å²) in [6.07, 6.45) is 0.588. The molecule has 0 amide bonds. The van der Waals surface area contributed by atoms with Crippen molar-refractivity contribution in [3.8, 4) is 5.69 Å². The van der Waals surface area contributed by atoms with Crippen LogP contribution in [-0.4, -0.2) is 34.8 Å². The Kier molecular flexibility index (Phi) is 5.08. The van der Waals surface area contributed by atoms with Crippen molar-refractivity contribution in [2.24, 2.45) is 0 Å². The largest absolute Gasteiger partial charge is 0.355 e. The number of nitrogens with one attached hydrogen (secondary N) is 1. The molecule has 7 heteroatoms. The van der Waals surface area contributed by atoms with Crippen LogP contribution in [0.25, 0.3) is 5.69 Å². The second-order valence-electron chi connectivity index (χ2n) is 6.57. The van der Waals surface area contributed by atoms with Gasteiger partial charge < -0.3 is 9.47 Å². The van der Waals surface area contributed by atoms with Crippen molar-refractivity contribution in [1.29, 1.82) is 0 Å². The van der Waals surface area contributed by atoms with Crippen LogP contribution in [0, 0.1) is 0 Å². The monoisotopic (exact) mass is 399 g/mol. The van der Waals surface area contributed by atoms with E-state index in [1.54, 1.807) is 55.5 Å². The van der Waals surface area contributed by atoms with Gasteiger partial charge in [-0.25, -0.2) is 23.9 Å². The normalized spacial score (nSPS) is 16.4. The predicted octanol–water partition coefficient (Wildman–Crippen LogP) is 2.68. The average Bonchev–Trinajstić information content (AvgIpc) is 2.99. The topological polar surface area (TPSA) is 78.2 Å². The van der Waals surface area contributed by atoms with Crippen molar-refractivity contribution in [3.63, 3.8) is 0 Å². The first kappa shape index (κ1) is 15.7. The lowest BCUT2D eigenvalue weighted by atomic mass is 9.96. The van der Waals surface area contributed by atoms with Crippen molar-refractivity contribution >= 4 is 0 Å². The van der Waals surface area contributed by atoms with E-state index in [2.05, 4.69) is 0 Å². The van der Waals surface area contributed by atoms with Gasteiger partial charge >= 0.3 is 11.4 Å². The number of para-hydroxylation sites is 1. The number of nitrogens with zero attached hydrogens (tertiary/aromatic N) is 2. The van der Waals surface area contributed by atoms with Gasteiger partial charge in [0.1, 0.15) is 0 Å². The number of benzene rings is 2. The summed E-state index contributed by atoms with van der Waals surface area (Å²) in [5, 5.41) is 0.511. The predicted molar refractivity (Wildman–Crippen MR) is 111 cm³/mol. The molecule has 1 heterocycles. The van der Waals surface area contributed by atoms with E-state index in [9.17, 15) is 9.59 Å². The second-order valence-corrected chi connectivity index (χ2v) is 6.57. The Labute approximate surface area is 174 Å². The molecule has 0 saturated heterocycles. The fraction of sp³-hybridized carbons (Fsp3) is 0.273. The van der Waals surface area contributed by atoms with Crippen molar-refractivity contribution in [2.75, 3.05) is 14.1 Å². The van der Waals surface area contributed by atoms with E-state index in [0.717, 1.165) is 14.8 Å². The Morgan fingerprint density at radius 3 is 2.41 bits per heavy atom. The average molecular weight is 399 g/mol. The van der Waals surface area contributed by atoms with Crippen LogP contribution in [-0.2, 0) is 16.0 Å². The van der Waals surface area contributed by atoms with Gasteiger partial charge in [-0.1, -0.05) is 60.2 Å². The van der Waals surface area contributed by atoms with Gasteiger partial charge in [-0.3, -0.25) is 0 Å². The maximum absolute atomic E-state index is 12.9. The third-order valence-electron chi connectivity index (χ3n) is 4.51. The molecular formula is C22H25N3O4. The highest BCUT2D eigenvalue weighted by atomic mass is 16.7. The molecule has 3 rings (SSSR count). The molecule has 0 fully saturated rings. The van der Waals surface area contributed by atoms with Gasteiger partial charge in [-0.05, 0) is 24.6 Å². The summed E-state index contributed by atoms with van der Waals surface area (Å²) in [4.78, 5) is 25.5. The highest BCUT2D eigenvalue weighted by Gasteiger charge is 2.21. The van der Waals surface area contributed by atoms with E-state index >= 15 is 0 Å². The minimum absolute atomic E-state index is 0.0645. The first-order valence-electron chi connectivity index (χ1n) is 11.0. The molecule has 0 bridgehead atoms. The van der Waals surface area contributed by atoms with Crippen molar-refractivity contribution in [3.05, 3.63) is 98.8 Å². The molecule has 0 aliphatic carbocycles. The SMILES string of the molecule is [2H]n1c(=O)n(-c2ccccc2)c(=O)n1C/C(C)=C/C(c1ccccc1)C(OC)OC([2H])([2H])[2H]. The van der Waals surface area contributed by atoms with E-state index < -0.39 is 30.6 Å². The van der Waals surface area contributed by atoms with Crippen LogP contribution in [0.15, 0.2) is 81.9 Å². The Morgan fingerprint density at radius 1 is 1.14 bits per heavy atom. The Balaban J connectivity index is 1.99.